The first-order valence-corrected chi connectivity index (χ1v) is 7.30. The molecule has 0 spiro atoms. The number of methoxy groups -OCH3 is 1. The highest BCUT2D eigenvalue weighted by atomic mass is 79.9. The molecule has 0 aliphatic carbocycles. The maximum absolute atomic E-state index is 5.86. The largest absolute Gasteiger partial charge is 0.459 e. The predicted molar refractivity (Wildman–Crippen MR) is 81.4 cm³/mol. The smallest absolute Gasteiger partial charge is 0.134 e. The van der Waals surface area contributed by atoms with Gasteiger partial charge in [-0.2, -0.15) is 0 Å². The van der Waals surface area contributed by atoms with Gasteiger partial charge >= 0.3 is 0 Å². The number of hydrogen-bond donors (Lipinski definition) is 1. The molecule has 0 bridgehead atoms. The molecule has 0 aliphatic rings. The van der Waals surface area contributed by atoms with E-state index in [1.807, 2.05) is 12.1 Å². The van der Waals surface area contributed by atoms with Crippen LogP contribution in [0.25, 0.3) is 11.0 Å². The van der Waals surface area contributed by atoms with E-state index in [4.69, 9.17) is 9.15 Å². The lowest BCUT2D eigenvalue weighted by Crippen LogP contribution is -2.26. The van der Waals surface area contributed by atoms with E-state index in [0.717, 1.165) is 34.4 Å². The van der Waals surface area contributed by atoms with E-state index in [-0.39, 0.29) is 6.04 Å². The Hall–Kier alpha value is -0.840. The van der Waals surface area contributed by atoms with Crippen molar-refractivity contribution in [3.05, 3.63) is 34.5 Å². The molecule has 3 nitrogen and oxygen atoms in total. The van der Waals surface area contributed by atoms with E-state index in [0.29, 0.717) is 5.92 Å². The molecule has 1 aromatic heterocycles. The van der Waals surface area contributed by atoms with Crippen molar-refractivity contribution in [3.8, 4) is 0 Å². The first-order valence-electron chi connectivity index (χ1n) is 6.51. The maximum atomic E-state index is 5.86. The number of hydrogen-bond acceptors (Lipinski definition) is 3. The van der Waals surface area contributed by atoms with Crippen molar-refractivity contribution in [2.24, 2.45) is 5.92 Å². The summed E-state index contributed by atoms with van der Waals surface area (Å²) in [6.45, 7) is 5.97. The lowest BCUT2D eigenvalue weighted by atomic mass is 10.1. The van der Waals surface area contributed by atoms with E-state index < -0.39 is 0 Å². The molecule has 0 saturated carbocycles. The number of furan rings is 1. The fraction of sp³-hybridized carbons (Fsp3) is 0.467. The summed E-state index contributed by atoms with van der Waals surface area (Å²) in [7, 11) is 1.73. The lowest BCUT2D eigenvalue weighted by molar-refractivity contribution is 0.156. The second-order valence-corrected chi connectivity index (χ2v) is 5.94. The Labute approximate surface area is 122 Å². The van der Waals surface area contributed by atoms with Crippen molar-refractivity contribution in [2.75, 3.05) is 20.3 Å². The van der Waals surface area contributed by atoms with Crippen LogP contribution in [0.4, 0.5) is 0 Å². The predicted octanol–water partition coefficient (Wildman–Crippen LogP) is 4.13. The van der Waals surface area contributed by atoms with Crippen LogP contribution in [0.3, 0.4) is 0 Å². The van der Waals surface area contributed by atoms with Crippen LogP contribution < -0.4 is 5.32 Å². The van der Waals surface area contributed by atoms with Gasteiger partial charge in [0, 0.05) is 30.1 Å². The highest BCUT2D eigenvalue weighted by Crippen LogP contribution is 2.26. The molecule has 2 atom stereocenters. The zero-order valence-corrected chi connectivity index (χ0v) is 13.2. The number of rotatable bonds is 6. The van der Waals surface area contributed by atoms with Crippen molar-refractivity contribution in [3.63, 3.8) is 0 Å². The van der Waals surface area contributed by atoms with E-state index in [9.17, 15) is 0 Å². The SMILES string of the molecule is COCC(C)CNC(C)c1cc2cc(Br)ccc2o1. The Morgan fingerprint density at radius 3 is 2.84 bits per heavy atom. The first kappa shape index (κ1) is 14.6. The molecular weight excluding hydrogens is 306 g/mol. The van der Waals surface area contributed by atoms with E-state index in [2.05, 4.69) is 47.2 Å². The Kier molecular flexibility index (Phi) is 5.02. The molecule has 2 rings (SSSR count). The van der Waals surface area contributed by atoms with Crippen LogP contribution in [-0.2, 0) is 4.74 Å². The lowest BCUT2D eigenvalue weighted by Gasteiger charge is -2.15. The van der Waals surface area contributed by atoms with Crippen molar-refractivity contribution in [1.29, 1.82) is 0 Å². The van der Waals surface area contributed by atoms with Crippen molar-refractivity contribution < 1.29 is 9.15 Å². The number of fused-ring (bicyclic) bond motifs is 1. The van der Waals surface area contributed by atoms with Gasteiger partial charge in [0.15, 0.2) is 0 Å². The Bertz CT molecular complexity index is 538. The standard InChI is InChI=1S/C15H20BrNO2/c1-10(9-18-3)8-17-11(2)15-7-12-6-13(16)4-5-14(12)19-15/h4-7,10-11,17H,8-9H2,1-3H3. The van der Waals surface area contributed by atoms with Crippen molar-refractivity contribution >= 4 is 26.9 Å². The highest BCUT2D eigenvalue weighted by molar-refractivity contribution is 9.10. The molecule has 1 aromatic carbocycles. The van der Waals surface area contributed by atoms with Crippen LogP contribution in [0.1, 0.15) is 25.6 Å². The second-order valence-electron chi connectivity index (χ2n) is 5.02. The van der Waals surface area contributed by atoms with Gasteiger partial charge in [0.1, 0.15) is 11.3 Å². The van der Waals surface area contributed by atoms with Gasteiger partial charge < -0.3 is 14.5 Å². The van der Waals surface area contributed by atoms with Gasteiger partial charge in [-0.3, -0.25) is 0 Å². The third-order valence-electron chi connectivity index (χ3n) is 3.15. The summed E-state index contributed by atoms with van der Waals surface area (Å²) in [6, 6.07) is 8.35. The first-order chi connectivity index (χ1) is 9.10. The summed E-state index contributed by atoms with van der Waals surface area (Å²) < 4.78 is 12.1. The molecule has 1 heterocycles. The molecule has 0 fully saturated rings. The van der Waals surface area contributed by atoms with Crippen LogP contribution >= 0.6 is 15.9 Å². The number of halogens is 1. The third kappa shape index (κ3) is 3.81. The second kappa shape index (κ2) is 6.55. The van der Waals surface area contributed by atoms with Crippen LogP contribution in [0.15, 0.2) is 33.2 Å². The minimum absolute atomic E-state index is 0.200. The normalized spacial score (nSPS) is 14.7. The molecule has 104 valence electrons. The third-order valence-corrected chi connectivity index (χ3v) is 3.64. The molecule has 0 aliphatic heterocycles. The van der Waals surface area contributed by atoms with Gasteiger partial charge in [0.05, 0.1) is 6.04 Å². The highest BCUT2D eigenvalue weighted by Gasteiger charge is 2.12. The fourth-order valence-electron chi connectivity index (χ4n) is 2.07. The molecule has 0 saturated heterocycles. The Morgan fingerprint density at radius 1 is 1.32 bits per heavy atom. The minimum atomic E-state index is 0.200. The average molecular weight is 326 g/mol. The number of benzene rings is 1. The molecule has 4 heteroatoms. The van der Waals surface area contributed by atoms with Gasteiger partial charge in [-0.05, 0) is 37.1 Å². The number of nitrogens with one attached hydrogen (secondary N) is 1. The molecule has 0 amide bonds. The molecule has 1 N–H and O–H groups in total. The molecule has 0 radical (unpaired) electrons. The van der Waals surface area contributed by atoms with E-state index >= 15 is 0 Å². The molecule has 2 unspecified atom stereocenters. The molecule has 19 heavy (non-hydrogen) atoms. The zero-order valence-electron chi connectivity index (χ0n) is 11.6. The Morgan fingerprint density at radius 2 is 2.11 bits per heavy atom. The molecule has 2 aromatic rings. The van der Waals surface area contributed by atoms with Gasteiger partial charge in [-0.1, -0.05) is 22.9 Å². The average Bonchev–Trinajstić information content (AvgIpc) is 2.79. The molecular formula is C15H20BrNO2. The maximum Gasteiger partial charge on any atom is 0.134 e. The van der Waals surface area contributed by atoms with E-state index in [1.54, 1.807) is 7.11 Å². The summed E-state index contributed by atoms with van der Waals surface area (Å²) in [4.78, 5) is 0. The van der Waals surface area contributed by atoms with Crippen molar-refractivity contribution in [1.82, 2.24) is 5.32 Å². The van der Waals surface area contributed by atoms with Crippen LogP contribution in [0.5, 0.6) is 0 Å². The zero-order chi connectivity index (χ0) is 13.8. The fourth-order valence-corrected chi connectivity index (χ4v) is 2.45. The summed E-state index contributed by atoms with van der Waals surface area (Å²) in [6.07, 6.45) is 0. The van der Waals surface area contributed by atoms with E-state index in [1.165, 1.54) is 0 Å². The number of ether oxygens (including phenoxy) is 1. The van der Waals surface area contributed by atoms with Gasteiger partial charge in [-0.25, -0.2) is 0 Å². The van der Waals surface area contributed by atoms with Crippen molar-refractivity contribution in [2.45, 2.75) is 19.9 Å². The topological polar surface area (TPSA) is 34.4 Å². The quantitative estimate of drug-likeness (QED) is 0.867. The summed E-state index contributed by atoms with van der Waals surface area (Å²) >= 11 is 3.47. The van der Waals surface area contributed by atoms with Crippen LogP contribution in [0, 0.1) is 5.92 Å². The summed E-state index contributed by atoms with van der Waals surface area (Å²) in [5.41, 5.74) is 0.928. The van der Waals surface area contributed by atoms with Crippen LogP contribution in [0.2, 0.25) is 0 Å². The monoisotopic (exact) mass is 325 g/mol. The van der Waals surface area contributed by atoms with Crippen LogP contribution in [-0.4, -0.2) is 20.3 Å². The summed E-state index contributed by atoms with van der Waals surface area (Å²) in [5.74, 6) is 1.46. The van der Waals surface area contributed by atoms with Gasteiger partial charge in [0.2, 0.25) is 0 Å². The Balaban J connectivity index is 2.02. The minimum Gasteiger partial charge on any atom is -0.459 e. The summed E-state index contributed by atoms with van der Waals surface area (Å²) in [5, 5.41) is 4.60. The van der Waals surface area contributed by atoms with Gasteiger partial charge in [-0.15, -0.1) is 0 Å². The van der Waals surface area contributed by atoms with Gasteiger partial charge in [0.25, 0.3) is 0 Å².